The fourth-order valence-corrected chi connectivity index (χ4v) is 2.75. The van der Waals surface area contributed by atoms with Gasteiger partial charge in [0.05, 0.1) is 0 Å². The van der Waals surface area contributed by atoms with Crippen LogP contribution in [0.15, 0.2) is 40.9 Å². The topological polar surface area (TPSA) is 98.5 Å². The molecule has 1 amide bonds. The summed E-state index contributed by atoms with van der Waals surface area (Å²) in [5.41, 5.74) is 1.34. The zero-order chi connectivity index (χ0) is 16.2. The molecule has 0 unspecified atom stereocenters. The van der Waals surface area contributed by atoms with E-state index in [1.54, 1.807) is 0 Å². The van der Waals surface area contributed by atoms with Crippen LogP contribution in [0.25, 0.3) is 11.3 Å². The number of carbonyl (C=O) groups is 1. The molecule has 118 valence electrons. The maximum atomic E-state index is 11.9. The first-order valence-corrected chi connectivity index (χ1v) is 8.14. The number of sulfonamides is 1. The summed E-state index contributed by atoms with van der Waals surface area (Å²) in [6, 6.07) is 10.7. The van der Waals surface area contributed by atoms with Gasteiger partial charge in [-0.3, -0.25) is 9.52 Å². The molecule has 2 aromatic rings. The number of nitrogens with one attached hydrogen (secondary N) is 1. The van der Waals surface area contributed by atoms with Crippen molar-refractivity contribution in [3.05, 3.63) is 42.2 Å². The Morgan fingerprint density at radius 2 is 2.05 bits per heavy atom. The van der Waals surface area contributed by atoms with Crippen LogP contribution in [0, 0.1) is 0 Å². The zero-order valence-corrected chi connectivity index (χ0v) is 13.0. The smallest absolute Gasteiger partial charge is 0.262 e. The van der Waals surface area contributed by atoms with Crippen molar-refractivity contribution in [1.82, 2.24) is 9.88 Å². The number of nitrogens with zero attached hydrogens (tertiary/aromatic N) is 1. The van der Waals surface area contributed by atoms with Gasteiger partial charge >= 0.3 is 0 Å². The van der Waals surface area contributed by atoms with E-state index < -0.39 is 27.8 Å². The molecule has 1 atom stereocenters. The Morgan fingerprint density at radius 3 is 2.68 bits per heavy atom. The quantitative estimate of drug-likeness (QED) is 0.860. The van der Waals surface area contributed by atoms with Crippen LogP contribution in [-0.4, -0.2) is 32.7 Å². The van der Waals surface area contributed by atoms with Crippen molar-refractivity contribution in [3.8, 4) is 11.3 Å². The van der Waals surface area contributed by atoms with Gasteiger partial charge in [-0.05, 0) is 6.92 Å². The molecule has 0 aliphatic rings. The SMILES string of the molecule is CO[C@@H](C)C(=O)NS(=O)(=O)Cc1cc(-c2ccccc2)no1. The second kappa shape index (κ2) is 6.71. The molecule has 0 bridgehead atoms. The summed E-state index contributed by atoms with van der Waals surface area (Å²) < 4.78 is 35.5. The van der Waals surface area contributed by atoms with E-state index in [9.17, 15) is 13.2 Å². The highest BCUT2D eigenvalue weighted by atomic mass is 32.2. The van der Waals surface area contributed by atoms with Gasteiger partial charge in [0.2, 0.25) is 10.0 Å². The monoisotopic (exact) mass is 324 g/mol. The van der Waals surface area contributed by atoms with Crippen LogP contribution < -0.4 is 4.72 Å². The fraction of sp³-hybridized carbons (Fsp3) is 0.286. The van der Waals surface area contributed by atoms with Gasteiger partial charge in [-0.25, -0.2) is 8.42 Å². The first-order chi connectivity index (χ1) is 10.4. The highest BCUT2D eigenvalue weighted by Crippen LogP contribution is 2.19. The van der Waals surface area contributed by atoms with E-state index in [2.05, 4.69) is 5.16 Å². The highest BCUT2D eigenvalue weighted by Gasteiger charge is 2.22. The first-order valence-electron chi connectivity index (χ1n) is 6.49. The van der Waals surface area contributed by atoms with E-state index in [0.717, 1.165) is 5.56 Å². The number of benzene rings is 1. The number of rotatable bonds is 6. The number of ether oxygens (including phenoxy) is 1. The molecular formula is C14H16N2O5S. The Balaban J connectivity index is 2.08. The van der Waals surface area contributed by atoms with E-state index in [1.807, 2.05) is 35.1 Å². The lowest BCUT2D eigenvalue weighted by Crippen LogP contribution is -2.38. The minimum atomic E-state index is -3.87. The Morgan fingerprint density at radius 1 is 1.36 bits per heavy atom. The van der Waals surface area contributed by atoms with Crippen molar-refractivity contribution in [2.45, 2.75) is 18.8 Å². The van der Waals surface area contributed by atoms with E-state index in [1.165, 1.54) is 20.1 Å². The molecule has 7 nitrogen and oxygen atoms in total. The van der Waals surface area contributed by atoms with Gasteiger partial charge in [0, 0.05) is 18.7 Å². The van der Waals surface area contributed by atoms with Crippen LogP contribution in [0.5, 0.6) is 0 Å². The Kier molecular flexibility index (Phi) is 4.94. The molecule has 1 N–H and O–H groups in total. The van der Waals surface area contributed by atoms with Gasteiger partial charge in [-0.15, -0.1) is 0 Å². The van der Waals surface area contributed by atoms with E-state index in [0.29, 0.717) is 5.69 Å². The molecule has 0 spiro atoms. The van der Waals surface area contributed by atoms with E-state index >= 15 is 0 Å². The van der Waals surface area contributed by atoms with E-state index in [-0.39, 0.29) is 5.76 Å². The van der Waals surface area contributed by atoms with Crippen molar-refractivity contribution in [3.63, 3.8) is 0 Å². The summed E-state index contributed by atoms with van der Waals surface area (Å²) in [7, 11) is -2.55. The minimum absolute atomic E-state index is 0.143. The Bertz CT molecular complexity index is 740. The number of hydrogen-bond donors (Lipinski definition) is 1. The molecule has 0 saturated heterocycles. The van der Waals surface area contributed by atoms with Crippen molar-refractivity contribution >= 4 is 15.9 Å². The lowest BCUT2D eigenvalue weighted by molar-refractivity contribution is -0.128. The number of methoxy groups -OCH3 is 1. The summed E-state index contributed by atoms with van der Waals surface area (Å²) >= 11 is 0. The third kappa shape index (κ3) is 4.15. The molecule has 2 rings (SSSR count). The van der Waals surface area contributed by atoms with Crippen LogP contribution in [0.1, 0.15) is 12.7 Å². The van der Waals surface area contributed by atoms with Gasteiger partial charge in [-0.2, -0.15) is 0 Å². The molecule has 0 aliphatic heterocycles. The maximum absolute atomic E-state index is 11.9. The predicted molar refractivity (Wildman–Crippen MR) is 79.2 cm³/mol. The average molecular weight is 324 g/mol. The van der Waals surface area contributed by atoms with Gasteiger partial charge in [0.15, 0.2) is 5.76 Å². The Hall–Kier alpha value is -2.19. The summed E-state index contributed by atoms with van der Waals surface area (Å²) in [5.74, 6) is -1.07. The first kappa shape index (κ1) is 16.2. The highest BCUT2D eigenvalue weighted by molar-refractivity contribution is 7.89. The number of hydrogen-bond acceptors (Lipinski definition) is 6. The normalized spacial score (nSPS) is 12.8. The molecule has 1 heterocycles. The molecule has 1 aromatic carbocycles. The third-order valence-electron chi connectivity index (χ3n) is 2.94. The van der Waals surface area contributed by atoms with Crippen LogP contribution in [0.4, 0.5) is 0 Å². The molecule has 0 saturated carbocycles. The van der Waals surface area contributed by atoms with Crippen molar-refractivity contribution in [2.75, 3.05) is 7.11 Å². The van der Waals surface area contributed by atoms with Crippen LogP contribution in [0.3, 0.4) is 0 Å². The van der Waals surface area contributed by atoms with Crippen molar-refractivity contribution in [1.29, 1.82) is 0 Å². The molecule has 22 heavy (non-hydrogen) atoms. The molecule has 8 heteroatoms. The van der Waals surface area contributed by atoms with Crippen LogP contribution >= 0.6 is 0 Å². The van der Waals surface area contributed by atoms with E-state index in [4.69, 9.17) is 9.26 Å². The number of amides is 1. The maximum Gasteiger partial charge on any atom is 0.262 e. The molecular weight excluding hydrogens is 308 g/mol. The second-order valence-corrected chi connectivity index (χ2v) is 6.37. The molecule has 0 aliphatic carbocycles. The van der Waals surface area contributed by atoms with Gasteiger partial charge in [0.1, 0.15) is 17.6 Å². The van der Waals surface area contributed by atoms with Gasteiger partial charge < -0.3 is 9.26 Å². The second-order valence-electron chi connectivity index (χ2n) is 4.65. The predicted octanol–water partition coefficient (Wildman–Crippen LogP) is 1.32. The number of aromatic nitrogens is 1. The molecule has 0 radical (unpaired) electrons. The average Bonchev–Trinajstić information content (AvgIpc) is 2.94. The Labute approximate surface area is 128 Å². The van der Waals surface area contributed by atoms with Crippen molar-refractivity contribution < 1.29 is 22.5 Å². The lowest BCUT2D eigenvalue weighted by Gasteiger charge is -2.09. The third-order valence-corrected chi connectivity index (χ3v) is 4.12. The molecule has 0 fully saturated rings. The summed E-state index contributed by atoms with van der Waals surface area (Å²) in [5, 5.41) is 3.82. The standard InChI is InChI=1S/C14H16N2O5S/c1-10(20-2)14(17)16-22(18,19)9-12-8-13(15-21-12)11-6-4-3-5-7-11/h3-8,10H,9H2,1-2H3,(H,16,17)/t10-/m0/s1. The van der Waals surface area contributed by atoms with Gasteiger partial charge in [0.25, 0.3) is 5.91 Å². The fourth-order valence-electron chi connectivity index (χ4n) is 1.69. The zero-order valence-electron chi connectivity index (χ0n) is 12.1. The van der Waals surface area contributed by atoms with Crippen molar-refractivity contribution in [2.24, 2.45) is 0 Å². The molecule has 1 aromatic heterocycles. The summed E-state index contributed by atoms with van der Waals surface area (Å²) in [6.45, 7) is 1.45. The summed E-state index contributed by atoms with van der Waals surface area (Å²) in [4.78, 5) is 11.5. The van der Waals surface area contributed by atoms with Crippen LogP contribution in [-0.2, 0) is 25.3 Å². The van der Waals surface area contributed by atoms with Crippen LogP contribution in [0.2, 0.25) is 0 Å². The minimum Gasteiger partial charge on any atom is -0.372 e. The largest absolute Gasteiger partial charge is 0.372 e. The summed E-state index contributed by atoms with van der Waals surface area (Å²) in [6.07, 6.45) is -0.857. The van der Waals surface area contributed by atoms with Gasteiger partial charge in [-0.1, -0.05) is 35.5 Å². The number of carbonyl (C=O) groups excluding carboxylic acids is 1. The lowest BCUT2D eigenvalue weighted by atomic mass is 10.1.